The van der Waals surface area contributed by atoms with Crippen LogP contribution in [0, 0.1) is 11.7 Å². The number of benzene rings is 1. The second-order valence-corrected chi connectivity index (χ2v) is 7.97. The minimum Gasteiger partial charge on any atom is -0.445 e. The summed E-state index contributed by atoms with van der Waals surface area (Å²) in [5.41, 5.74) is 2.13. The van der Waals surface area contributed by atoms with E-state index in [1.54, 1.807) is 18.3 Å². The molecule has 0 bridgehead atoms. The van der Waals surface area contributed by atoms with Crippen molar-refractivity contribution in [3.8, 4) is 5.75 Å². The van der Waals surface area contributed by atoms with E-state index in [-0.39, 0.29) is 36.2 Å². The molecule has 10 nitrogen and oxygen atoms in total. The van der Waals surface area contributed by atoms with Gasteiger partial charge in [0.25, 0.3) is 5.91 Å². The number of likely N-dealkylation sites (tertiary alicyclic amines) is 1. The number of nitrogens with one attached hydrogen (secondary N) is 1. The molecule has 2 aliphatic heterocycles. The van der Waals surface area contributed by atoms with E-state index in [1.165, 1.54) is 15.9 Å². The first-order chi connectivity index (χ1) is 16.7. The van der Waals surface area contributed by atoms with Crippen molar-refractivity contribution in [2.45, 2.75) is 13.0 Å². The highest BCUT2D eigenvalue weighted by Crippen LogP contribution is 2.31. The first-order valence-corrected chi connectivity index (χ1v) is 10.3. The van der Waals surface area contributed by atoms with E-state index in [0.29, 0.717) is 24.3 Å². The van der Waals surface area contributed by atoms with E-state index in [0.717, 1.165) is 17.7 Å². The van der Waals surface area contributed by atoms with Gasteiger partial charge in [-0.15, -0.1) is 18.3 Å². The van der Waals surface area contributed by atoms with E-state index in [9.17, 15) is 27.2 Å². The summed E-state index contributed by atoms with van der Waals surface area (Å²) in [5, 5.41) is 10.2. The smallest absolute Gasteiger partial charge is 0.445 e. The minimum absolute atomic E-state index is 0.0708. The van der Waals surface area contributed by atoms with Gasteiger partial charge in [0.05, 0.1) is 0 Å². The Morgan fingerprint density at radius 2 is 1.97 bits per heavy atom. The van der Waals surface area contributed by atoms with E-state index in [4.69, 9.17) is 4.74 Å². The number of aromatic nitrogens is 4. The maximum atomic E-state index is 13.8. The average Bonchev–Trinajstić information content (AvgIpc) is 3.52. The molecule has 5 rings (SSSR count). The van der Waals surface area contributed by atoms with Crippen LogP contribution in [-0.2, 0) is 11.3 Å². The van der Waals surface area contributed by atoms with Crippen LogP contribution >= 0.6 is 0 Å². The first kappa shape index (κ1) is 22.6. The molecule has 1 N–H and O–H groups in total. The molecule has 0 saturated carbocycles. The molecule has 2 aromatic heterocycles. The number of nitrogens with zero attached hydrogens (tertiary/aromatic N) is 5. The first-order valence-electron chi connectivity index (χ1n) is 10.3. The van der Waals surface area contributed by atoms with Crippen LogP contribution in [0.25, 0.3) is 11.2 Å². The van der Waals surface area contributed by atoms with E-state index in [2.05, 4.69) is 25.1 Å². The van der Waals surface area contributed by atoms with Crippen LogP contribution in [0.5, 0.6) is 5.75 Å². The Morgan fingerprint density at radius 3 is 2.71 bits per heavy atom. The summed E-state index contributed by atoms with van der Waals surface area (Å²) in [6.45, 7) is 0.595. The van der Waals surface area contributed by atoms with Crippen molar-refractivity contribution in [1.82, 2.24) is 30.2 Å². The van der Waals surface area contributed by atoms with Crippen LogP contribution in [0.2, 0.25) is 0 Å². The Hall–Kier alpha value is -4.23. The third-order valence-corrected chi connectivity index (χ3v) is 5.58. The zero-order chi connectivity index (χ0) is 24.7. The van der Waals surface area contributed by atoms with Crippen LogP contribution in [0.3, 0.4) is 0 Å². The van der Waals surface area contributed by atoms with Crippen LogP contribution in [0.15, 0.2) is 42.1 Å². The molecule has 0 aliphatic carbocycles. The molecular formula is C21H16F4N6O4. The number of ether oxygens (including phenoxy) is 2. The highest BCUT2D eigenvalue weighted by molar-refractivity contribution is 5.95. The third kappa shape index (κ3) is 4.72. The molecule has 2 amide bonds. The summed E-state index contributed by atoms with van der Waals surface area (Å²) in [6, 6.07) is 6.01. The second kappa shape index (κ2) is 8.52. The predicted molar refractivity (Wildman–Crippen MR) is 109 cm³/mol. The van der Waals surface area contributed by atoms with Gasteiger partial charge < -0.3 is 19.3 Å². The zero-order valence-corrected chi connectivity index (χ0v) is 17.8. The topological polar surface area (TPSA) is 114 Å². The lowest BCUT2D eigenvalue weighted by Crippen LogP contribution is -2.33. The standard InChI is InChI=1S/C21H16F4N6O4/c22-14-5-11(1-4-17(14)35-21(23,24)25)10-34-20(33)31-8-12-6-30(7-13(12)9-31)19(32)16-3-2-15-18(26-16)28-29-27-15/h1-6,13H,7-10H2,(H,26,27,28,29)/t13-/m0/s1. The number of carbonyl (C=O) groups excluding carboxylic acids is 2. The molecule has 0 radical (unpaired) electrons. The Bertz CT molecular complexity index is 1340. The summed E-state index contributed by atoms with van der Waals surface area (Å²) >= 11 is 0. The van der Waals surface area contributed by atoms with Crippen molar-refractivity contribution in [3.05, 3.63) is 59.2 Å². The molecule has 1 fully saturated rings. The predicted octanol–water partition coefficient (Wildman–Crippen LogP) is 3.00. The number of hydrogen-bond acceptors (Lipinski definition) is 7. The number of H-pyrrole nitrogens is 1. The van der Waals surface area contributed by atoms with E-state index in [1.807, 2.05) is 0 Å². The molecule has 4 heterocycles. The van der Waals surface area contributed by atoms with Gasteiger partial charge in [0, 0.05) is 31.8 Å². The third-order valence-electron chi connectivity index (χ3n) is 5.58. The molecule has 1 atom stereocenters. The van der Waals surface area contributed by atoms with Crippen molar-refractivity contribution in [2.24, 2.45) is 5.92 Å². The van der Waals surface area contributed by atoms with Crippen molar-refractivity contribution >= 4 is 23.2 Å². The second-order valence-electron chi connectivity index (χ2n) is 7.97. The number of rotatable bonds is 4. The largest absolute Gasteiger partial charge is 0.573 e. The molecule has 14 heteroatoms. The maximum Gasteiger partial charge on any atom is 0.573 e. The lowest BCUT2D eigenvalue weighted by atomic mass is 10.1. The molecule has 35 heavy (non-hydrogen) atoms. The van der Waals surface area contributed by atoms with Crippen LogP contribution in [0.1, 0.15) is 16.1 Å². The number of carbonyl (C=O) groups is 2. The summed E-state index contributed by atoms with van der Waals surface area (Å²) in [7, 11) is 0. The number of pyridine rings is 1. The van der Waals surface area contributed by atoms with Gasteiger partial charge in [-0.05, 0) is 35.4 Å². The number of halogens is 4. The van der Waals surface area contributed by atoms with Gasteiger partial charge in [-0.25, -0.2) is 14.2 Å². The fourth-order valence-electron chi connectivity index (χ4n) is 3.97. The average molecular weight is 492 g/mol. The van der Waals surface area contributed by atoms with E-state index < -0.39 is 24.0 Å². The van der Waals surface area contributed by atoms with Crippen molar-refractivity contribution < 1.29 is 36.6 Å². The van der Waals surface area contributed by atoms with Gasteiger partial charge in [0.2, 0.25) is 5.65 Å². The van der Waals surface area contributed by atoms with Gasteiger partial charge in [-0.1, -0.05) is 6.07 Å². The van der Waals surface area contributed by atoms with E-state index >= 15 is 0 Å². The number of fused-ring (bicyclic) bond motifs is 2. The quantitative estimate of drug-likeness (QED) is 0.557. The van der Waals surface area contributed by atoms with Gasteiger partial charge in [-0.2, -0.15) is 10.3 Å². The Morgan fingerprint density at radius 1 is 1.14 bits per heavy atom. The summed E-state index contributed by atoms with van der Waals surface area (Å²) < 4.78 is 59.3. The molecule has 2 aliphatic rings. The zero-order valence-electron chi connectivity index (χ0n) is 17.8. The normalized spacial score (nSPS) is 17.5. The van der Waals surface area contributed by atoms with Crippen molar-refractivity contribution in [3.63, 3.8) is 0 Å². The fraction of sp³-hybridized carbons (Fsp3) is 0.286. The lowest BCUT2D eigenvalue weighted by Gasteiger charge is -2.19. The van der Waals surface area contributed by atoms with Gasteiger partial charge in [0.15, 0.2) is 11.6 Å². The fourth-order valence-corrected chi connectivity index (χ4v) is 3.97. The van der Waals surface area contributed by atoms with Crippen molar-refractivity contribution in [2.75, 3.05) is 19.6 Å². The maximum absolute atomic E-state index is 13.8. The van der Waals surface area contributed by atoms with Gasteiger partial charge >= 0.3 is 12.5 Å². The Kier molecular flexibility index (Phi) is 5.49. The minimum atomic E-state index is -5.02. The Labute approximate surface area is 194 Å². The SMILES string of the molecule is O=C(c1ccc2n[nH]nc2n1)N1C=C2CN(C(=O)OCc3ccc(OC(F)(F)F)c(F)c3)C[C@@H]2C1. The number of alkyl halides is 3. The number of aromatic amines is 1. The lowest BCUT2D eigenvalue weighted by molar-refractivity contribution is -0.275. The number of hydrogen-bond donors (Lipinski definition) is 1. The molecule has 0 spiro atoms. The highest BCUT2D eigenvalue weighted by atomic mass is 19.4. The van der Waals surface area contributed by atoms with Crippen LogP contribution in [0.4, 0.5) is 22.4 Å². The van der Waals surface area contributed by atoms with Gasteiger partial charge in [0.1, 0.15) is 17.8 Å². The van der Waals surface area contributed by atoms with Gasteiger partial charge in [-0.3, -0.25) is 4.79 Å². The number of amides is 2. The van der Waals surface area contributed by atoms with Crippen LogP contribution in [-0.4, -0.2) is 68.2 Å². The highest BCUT2D eigenvalue weighted by Gasteiger charge is 2.38. The summed E-state index contributed by atoms with van der Waals surface area (Å²) in [6.07, 6.45) is -3.99. The monoisotopic (exact) mass is 492 g/mol. The molecular weight excluding hydrogens is 476 g/mol. The summed E-state index contributed by atoms with van der Waals surface area (Å²) in [4.78, 5) is 32.4. The van der Waals surface area contributed by atoms with Crippen molar-refractivity contribution in [1.29, 1.82) is 0 Å². The molecule has 1 aromatic carbocycles. The van der Waals surface area contributed by atoms with Crippen LogP contribution < -0.4 is 4.74 Å². The molecule has 1 saturated heterocycles. The molecule has 3 aromatic rings. The molecule has 182 valence electrons. The Balaban J connectivity index is 1.16. The molecule has 0 unspecified atom stereocenters. The summed E-state index contributed by atoms with van der Waals surface area (Å²) in [5.74, 6) is -2.56.